The summed E-state index contributed by atoms with van der Waals surface area (Å²) in [6.45, 7) is 6.13. The van der Waals surface area contributed by atoms with Gasteiger partial charge >= 0.3 is 5.95 Å². The van der Waals surface area contributed by atoms with Crippen LogP contribution in [0.3, 0.4) is 0 Å². The highest BCUT2D eigenvalue weighted by atomic mass is 35.5. The van der Waals surface area contributed by atoms with Crippen LogP contribution >= 0.6 is 12.4 Å². The number of benzene rings is 1. The molecule has 9 nitrogen and oxygen atoms in total. The van der Waals surface area contributed by atoms with Crippen molar-refractivity contribution in [3.63, 3.8) is 0 Å². The topological polar surface area (TPSA) is 141 Å². The predicted molar refractivity (Wildman–Crippen MR) is 129 cm³/mol. The van der Waals surface area contributed by atoms with Crippen molar-refractivity contribution in [2.75, 3.05) is 44.2 Å². The molecule has 0 radical (unpaired) electrons. The normalized spacial score (nSPS) is 11.1. The Morgan fingerprint density at radius 3 is 2.00 bits per heavy atom. The maximum absolute atomic E-state index is 5.68. The quantitative estimate of drug-likeness (QED) is 0.241. The minimum absolute atomic E-state index is 0. The maximum Gasteiger partial charge on any atom is 0.421 e. The molecular formula is C21H39ClN9+. The molecule has 0 aliphatic heterocycles. The SMILES string of the molecule is Cl.NCCCN(CCCN)c1ccc(N=Nc2n(CCCN)cc[n+]2CCCN)cc1. The van der Waals surface area contributed by atoms with E-state index >= 15 is 0 Å². The van der Waals surface area contributed by atoms with Crippen molar-refractivity contribution in [2.24, 2.45) is 33.2 Å². The summed E-state index contributed by atoms with van der Waals surface area (Å²) in [4.78, 5) is 2.32. The lowest BCUT2D eigenvalue weighted by molar-refractivity contribution is -0.683. The molecule has 10 heteroatoms. The monoisotopic (exact) mass is 452 g/mol. The third kappa shape index (κ3) is 8.92. The van der Waals surface area contributed by atoms with Gasteiger partial charge in [0.2, 0.25) is 0 Å². The van der Waals surface area contributed by atoms with Crippen LogP contribution in [0.4, 0.5) is 17.3 Å². The van der Waals surface area contributed by atoms with Gasteiger partial charge in [-0.1, -0.05) is 5.11 Å². The summed E-state index contributed by atoms with van der Waals surface area (Å²) in [7, 11) is 0. The van der Waals surface area contributed by atoms with E-state index in [1.807, 2.05) is 24.5 Å². The largest absolute Gasteiger partial charge is 0.421 e. The number of imidazole rings is 1. The highest BCUT2D eigenvalue weighted by Crippen LogP contribution is 2.22. The summed E-state index contributed by atoms with van der Waals surface area (Å²) in [6.07, 6.45) is 7.74. The van der Waals surface area contributed by atoms with Crippen LogP contribution in [0.2, 0.25) is 0 Å². The van der Waals surface area contributed by atoms with Crippen molar-refractivity contribution in [1.29, 1.82) is 0 Å². The second-order valence-corrected chi connectivity index (χ2v) is 7.26. The van der Waals surface area contributed by atoms with E-state index in [-0.39, 0.29) is 12.4 Å². The number of nitrogens with two attached hydrogens (primary N) is 4. The van der Waals surface area contributed by atoms with E-state index in [1.165, 1.54) is 0 Å². The van der Waals surface area contributed by atoms with Gasteiger partial charge in [-0.25, -0.2) is 9.13 Å². The predicted octanol–water partition coefficient (Wildman–Crippen LogP) is 1.81. The maximum atomic E-state index is 5.68. The minimum atomic E-state index is 0. The molecule has 0 atom stereocenters. The summed E-state index contributed by atoms with van der Waals surface area (Å²) >= 11 is 0. The van der Waals surface area contributed by atoms with E-state index in [9.17, 15) is 0 Å². The molecule has 0 spiro atoms. The second-order valence-electron chi connectivity index (χ2n) is 7.26. The van der Waals surface area contributed by atoms with E-state index in [4.69, 9.17) is 22.9 Å². The molecule has 0 saturated heterocycles. The van der Waals surface area contributed by atoms with Gasteiger partial charge in [0.1, 0.15) is 5.69 Å². The molecule has 0 fully saturated rings. The molecule has 0 aliphatic rings. The van der Waals surface area contributed by atoms with E-state index in [0.717, 1.165) is 69.2 Å². The van der Waals surface area contributed by atoms with E-state index in [0.29, 0.717) is 26.2 Å². The number of rotatable bonds is 15. The summed E-state index contributed by atoms with van der Waals surface area (Å²) < 4.78 is 4.17. The van der Waals surface area contributed by atoms with Gasteiger partial charge in [-0.3, -0.25) is 0 Å². The van der Waals surface area contributed by atoms with Crippen LogP contribution in [0.5, 0.6) is 0 Å². The zero-order valence-electron chi connectivity index (χ0n) is 18.4. The molecule has 31 heavy (non-hydrogen) atoms. The Morgan fingerprint density at radius 1 is 0.806 bits per heavy atom. The van der Waals surface area contributed by atoms with Gasteiger partial charge < -0.3 is 27.8 Å². The number of nitrogens with zero attached hydrogens (tertiary/aromatic N) is 5. The second kappa shape index (κ2) is 15.7. The van der Waals surface area contributed by atoms with Crippen LogP contribution in [-0.4, -0.2) is 43.8 Å². The molecule has 1 aromatic carbocycles. The lowest BCUT2D eigenvalue weighted by Crippen LogP contribution is -2.33. The third-order valence-corrected chi connectivity index (χ3v) is 4.88. The molecule has 174 valence electrons. The fraction of sp³-hybridized carbons (Fsp3) is 0.571. The molecule has 1 heterocycles. The Balaban J connectivity index is 0.00000480. The molecule has 0 unspecified atom stereocenters. The van der Waals surface area contributed by atoms with Crippen molar-refractivity contribution in [3.05, 3.63) is 36.7 Å². The summed E-state index contributed by atoms with van der Waals surface area (Å²) in [6, 6.07) is 8.15. The van der Waals surface area contributed by atoms with Gasteiger partial charge in [-0.05, 0) is 76.1 Å². The van der Waals surface area contributed by atoms with Gasteiger partial charge in [0.25, 0.3) is 0 Å². The first-order valence-electron chi connectivity index (χ1n) is 10.9. The number of aryl methyl sites for hydroxylation is 2. The first-order valence-corrected chi connectivity index (χ1v) is 10.9. The van der Waals surface area contributed by atoms with Crippen LogP contribution in [0.15, 0.2) is 46.9 Å². The van der Waals surface area contributed by atoms with Gasteiger partial charge in [-0.2, -0.15) is 0 Å². The Kier molecular flexibility index (Phi) is 13.7. The van der Waals surface area contributed by atoms with Gasteiger partial charge in [0.15, 0.2) is 0 Å². The van der Waals surface area contributed by atoms with Crippen LogP contribution in [0, 0.1) is 0 Å². The van der Waals surface area contributed by atoms with Crippen LogP contribution in [-0.2, 0) is 13.1 Å². The van der Waals surface area contributed by atoms with Crippen molar-refractivity contribution in [1.82, 2.24) is 4.57 Å². The minimum Gasteiger partial charge on any atom is -0.371 e. The molecule has 0 saturated carbocycles. The van der Waals surface area contributed by atoms with Gasteiger partial charge in [0.05, 0.1) is 25.5 Å². The fourth-order valence-corrected chi connectivity index (χ4v) is 3.21. The molecule has 0 aliphatic carbocycles. The summed E-state index contributed by atoms with van der Waals surface area (Å²) in [5.41, 5.74) is 24.7. The van der Waals surface area contributed by atoms with Gasteiger partial charge in [-0.15, -0.1) is 12.4 Å². The lowest BCUT2D eigenvalue weighted by Gasteiger charge is -2.24. The van der Waals surface area contributed by atoms with E-state index in [2.05, 4.69) is 36.4 Å². The number of hydrogen-bond donors (Lipinski definition) is 4. The first kappa shape index (κ1) is 27.0. The first-order chi connectivity index (χ1) is 14.7. The third-order valence-electron chi connectivity index (χ3n) is 4.88. The van der Waals surface area contributed by atoms with E-state index < -0.39 is 0 Å². The molecule has 8 N–H and O–H groups in total. The standard InChI is InChI=1S/C21H38N9.ClH/c22-9-1-13-28(14-2-10-23)20-7-5-19(6-8-20)26-27-21-29(15-3-11-24)17-18-30(21)16-4-12-25;/h5-8,17-18H,1-4,9-16,22-25H2;1H/q+1;. The molecule has 1 aromatic heterocycles. The number of anilines is 1. The zero-order valence-corrected chi connectivity index (χ0v) is 19.2. The van der Waals surface area contributed by atoms with Gasteiger partial charge in [0, 0.05) is 23.9 Å². The molecule has 0 bridgehead atoms. The van der Waals surface area contributed by atoms with Crippen molar-refractivity contribution < 1.29 is 4.57 Å². The van der Waals surface area contributed by atoms with Crippen molar-refractivity contribution in [3.8, 4) is 0 Å². The zero-order chi connectivity index (χ0) is 21.6. The summed E-state index contributed by atoms with van der Waals surface area (Å²) in [5, 5.41) is 9.01. The molecule has 2 aromatic rings. The smallest absolute Gasteiger partial charge is 0.371 e. The van der Waals surface area contributed by atoms with Crippen LogP contribution in [0.1, 0.15) is 25.7 Å². The Hall–Kier alpha value is -2.04. The Labute approximate surface area is 191 Å². The number of hydrogen-bond acceptors (Lipinski definition) is 7. The summed E-state index contributed by atoms with van der Waals surface area (Å²) in [5.74, 6) is 0.813. The van der Waals surface area contributed by atoms with E-state index in [1.54, 1.807) is 0 Å². The molecule has 0 amide bonds. The average Bonchev–Trinajstić information content (AvgIpc) is 3.16. The molecular weight excluding hydrogens is 414 g/mol. The highest BCUT2D eigenvalue weighted by molar-refractivity contribution is 5.85. The Bertz CT molecular complexity index is 712. The number of azo groups is 1. The molecule has 2 rings (SSSR count). The van der Waals surface area contributed by atoms with Crippen LogP contribution in [0.25, 0.3) is 0 Å². The van der Waals surface area contributed by atoms with Crippen LogP contribution < -0.4 is 32.4 Å². The highest BCUT2D eigenvalue weighted by Gasteiger charge is 2.16. The number of aromatic nitrogens is 2. The fourth-order valence-electron chi connectivity index (χ4n) is 3.21. The Morgan fingerprint density at radius 2 is 1.42 bits per heavy atom. The average molecular weight is 453 g/mol. The lowest BCUT2D eigenvalue weighted by atomic mass is 10.2. The van der Waals surface area contributed by atoms with Crippen molar-refractivity contribution in [2.45, 2.75) is 38.8 Å². The van der Waals surface area contributed by atoms with Crippen molar-refractivity contribution >= 4 is 29.7 Å². The number of halogens is 1.